The first-order chi connectivity index (χ1) is 18.2. The van der Waals surface area contributed by atoms with E-state index >= 15 is 0 Å². The molecule has 12 heteroatoms. The minimum atomic E-state index is -1.30. The maximum Gasteiger partial charge on any atom is 0.412 e. The minimum Gasteiger partial charge on any atom is -0.478 e. The summed E-state index contributed by atoms with van der Waals surface area (Å²) in [4.78, 5) is 64.9. The molecule has 0 radical (unpaired) electrons. The molecule has 3 heterocycles. The summed E-state index contributed by atoms with van der Waals surface area (Å²) in [5, 5.41) is 22.3. The van der Waals surface area contributed by atoms with Crippen molar-refractivity contribution in [2.24, 2.45) is 0 Å². The Morgan fingerprint density at radius 2 is 1.61 bits per heavy atom. The number of carbonyl (C=O) groups is 5. The van der Waals surface area contributed by atoms with Crippen LogP contribution in [0.3, 0.4) is 0 Å². The smallest absolute Gasteiger partial charge is 0.412 e. The fourth-order valence-electron chi connectivity index (χ4n) is 4.65. The number of carboxylic acid groups (broad SMARTS) is 2. The molecule has 1 aromatic heterocycles. The number of nitrogens with zero attached hydrogens (tertiary/aromatic N) is 2. The first kappa shape index (κ1) is 25.0. The molecule has 0 bridgehead atoms. The van der Waals surface area contributed by atoms with E-state index in [1.807, 2.05) is 6.07 Å². The van der Waals surface area contributed by atoms with Crippen LogP contribution in [0, 0.1) is 0 Å². The molecular formula is C26H21N3O8S. The van der Waals surface area contributed by atoms with Gasteiger partial charge in [0.1, 0.15) is 11.6 Å². The summed E-state index contributed by atoms with van der Waals surface area (Å²) < 4.78 is 5.20. The standard InChI is InChI=1S/C26H21N3O8S/c30-22-16-8-4-5-9-17(16)23(31)29(22)11-15-10-18-19(12-28(15)26(35)36)38-21(20(18)24(32)33)27-25(34)37-13-14-6-2-1-3-7-14/h1-9,15H,10-13H2,(H,27,34)(H,32,33)(H,35,36). The third kappa shape index (κ3) is 4.57. The number of hydrogen-bond acceptors (Lipinski definition) is 7. The van der Waals surface area contributed by atoms with Gasteiger partial charge in [0.05, 0.1) is 35.8 Å². The average Bonchev–Trinajstić information content (AvgIpc) is 3.37. The first-order valence-electron chi connectivity index (χ1n) is 11.5. The minimum absolute atomic E-state index is 0.0185. The van der Waals surface area contributed by atoms with Crippen LogP contribution >= 0.6 is 11.3 Å². The quantitative estimate of drug-likeness (QED) is 0.402. The van der Waals surface area contributed by atoms with Gasteiger partial charge in [-0.3, -0.25) is 24.7 Å². The van der Waals surface area contributed by atoms with Crippen molar-refractivity contribution in [1.82, 2.24) is 9.80 Å². The van der Waals surface area contributed by atoms with Gasteiger partial charge in [-0.15, -0.1) is 11.3 Å². The highest BCUT2D eigenvalue weighted by Gasteiger charge is 2.41. The van der Waals surface area contributed by atoms with Gasteiger partial charge in [-0.1, -0.05) is 42.5 Å². The molecule has 2 aliphatic rings. The summed E-state index contributed by atoms with van der Waals surface area (Å²) in [5.41, 5.74) is 1.40. The van der Waals surface area contributed by atoms with E-state index in [9.17, 15) is 34.2 Å². The highest BCUT2D eigenvalue weighted by atomic mass is 32.1. The Balaban J connectivity index is 1.38. The molecule has 3 aromatic rings. The number of anilines is 1. The molecule has 11 nitrogen and oxygen atoms in total. The Hall–Kier alpha value is -4.71. The van der Waals surface area contributed by atoms with Gasteiger partial charge in [-0.05, 0) is 29.7 Å². The van der Waals surface area contributed by atoms with Crippen LogP contribution < -0.4 is 5.32 Å². The lowest BCUT2D eigenvalue weighted by Gasteiger charge is -2.35. The lowest BCUT2D eigenvalue weighted by Crippen LogP contribution is -2.50. The van der Waals surface area contributed by atoms with E-state index in [1.54, 1.807) is 36.4 Å². The molecule has 3 N–H and O–H groups in total. The molecule has 194 valence electrons. The SMILES string of the molecule is O=C(Nc1sc2c(c1C(=O)O)CC(CN1C(=O)c3ccccc3C1=O)N(C(=O)O)C2)OCc1ccccc1. The zero-order valence-corrected chi connectivity index (χ0v) is 20.6. The van der Waals surface area contributed by atoms with Gasteiger partial charge in [-0.2, -0.15) is 0 Å². The molecular weight excluding hydrogens is 514 g/mol. The van der Waals surface area contributed by atoms with Gasteiger partial charge in [0.25, 0.3) is 11.8 Å². The fourth-order valence-corrected chi connectivity index (χ4v) is 5.86. The topological polar surface area (TPSA) is 154 Å². The lowest BCUT2D eigenvalue weighted by molar-refractivity contribution is 0.0558. The van der Waals surface area contributed by atoms with Gasteiger partial charge in [0, 0.05) is 4.88 Å². The highest BCUT2D eigenvalue weighted by Crippen LogP contribution is 2.39. The van der Waals surface area contributed by atoms with Crippen molar-refractivity contribution in [3.63, 3.8) is 0 Å². The second kappa shape index (κ2) is 9.98. The predicted molar refractivity (Wildman–Crippen MR) is 134 cm³/mol. The fraction of sp³-hybridized carbons (Fsp3) is 0.192. The van der Waals surface area contributed by atoms with E-state index in [4.69, 9.17) is 4.74 Å². The molecule has 0 saturated heterocycles. The molecule has 0 spiro atoms. The number of aromatic carboxylic acids is 1. The number of hydrogen-bond donors (Lipinski definition) is 3. The van der Waals surface area contributed by atoms with E-state index in [2.05, 4.69) is 5.32 Å². The Bertz CT molecular complexity index is 1430. The van der Waals surface area contributed by atoms with Crippen molar-refractivity contribution >= 4 is 46.3 Å². The number of amides is 4. The van der Waals surface area contributed by atoms with Crippen LogP contribution in [0.5, 0.6) is 0 Å². The number of fused-ring (bicyclic) bond motifs is 2. The molecule has 0 saturated carbocycles. The summed E-state index contributed by atoms with van der Waals surface area (Å²) in [5.74, 6) is -2.37. The van der Waals surface area contributed by atoms with Crippen LogP contribution in [0.1, 0.15) is 47.1 Å². The molecule has 0 aliphatic carbocycles. The van der Waals surface area contributed by atoms with Crippen molar-refractivity contribution in [2.75, 3.05) is 11.9 Å². The lowest BCUT2D eigenvalue weighted by atomic mass is 9.96. The van der Waals surface area contributed by atoms with E-state index in [1.165, 1.54) is 12.1 Å². The van der Waals surface area contributed by atoms with Crippen LogP contribution in [-0.4, -0.2) is 62.6 Å². The van der Waals surface area contributed by atoms with Crippen LogP contribution in [0.15, 0.2) is 54.6 Å². The van der Waals surface area contributed by atoms with E-state index in [-0.39, 0.29) is 47.8 Å². The Morgan fingerprint density at radius 1 is 0.974 bits per heavy atom. The molecule has 2 aromatic carbocycles. The van der Waals surface area contributed by atoms with Crippen molar-refractivity contribution in [3.05, 3.63) is 87.3 Å². The molecule has 4 amide bonds. The Labute approximate surface area is 219 Å². The van der Waals surface area contributed by atoms with E-state index < -0.39 is 36.0 Å². The summed E-state index contributed by atoms with van der Waals surface area (Å²) in [6.45, 7) is -0.422. The second-order valence-corrected chi connectivity index (χ2v) is 9.84. The van der Waals surface area contributed by atoms with Crippen molar-refractivity contribution in [1.29, 1.82) is 0 Å². The van der Waals surface area contributed by atoms with Crippen molar-refractivity contribution < 1.29 is 38.9 Å². The van der Waals surface area contributed by atoms with Crippen LogP contribution in [0.2, 0.25) is 0 Å². The van der Waals surface area contributed by atoms with Gasteiger partial charge < -0.3 is 14.9 Å². The second-order valence-electron chi connectivity index (χ2n) is 8.73. The summed E-state index contributed by atoms with van der Waals surface area (Å²) in [6.07, 6.45) is -2.19. The van der Waals surface area contributed by atoms with Crippen molar-refractivity contribution in [3.8, 4) is 0 Å². The number of ether oxygens (including phenoxy) is 1. The number of carboxylic acids is 1. The molecule has 1 atom stereocenters. The number of nitrogens with one attached hydrogen (secondary N) is 1. The summed E-state index contributed by atoms with van der Waals surface area (Å²) >= 11 is 0.952. The van der Waals surface area contributed by atoms with Gasteiger partial charge in [0.2, 0.25) is 0 Å². The monoisotopic (exact) mass is 535 g/mol. The van der Waals surface area contributed by atoms with Crippen LogP contribution in [0.4, 0.5) is 14.6 Å². The van der Waals surface area contributed by atoms with Crippen LogP contribution in [0.25, 0.3) is 0 Å². The Morgan fingerprint density at radius 3 is 2.21 bits per heavy atom. The van der Waals surface area contributed by atoms with Gasteiger partial charge >= 0.3 is 18.2 Å². The van der Waals surface area contributed by atoms with E-state index in [0.717, 1.165) is 26.7 Å². The Kier molecular flexibility index (Phi) is 6.55. The molecule has 38 heavy (non-hydrogen) atoms. The zero-order valence-electron chi connectivity index (χ0n) is 19.7. The molecule has 1 unspecified atom stereocenters. The van der Waals surface area contributed by atoms with Gasteiger partial charge in [0.15, 0.2) is 0 Å². The maximum atomic E-state index is 12.9. The number of imide groups is 1. The maximum absolute atomic E-state index is 12.9. The van der Waals surface area contributed by atoms with E-state index in [0.29, 0.717) is 10.4 Å². The number of benzene rings is 2. The third-order valence-electron chi connectivity index (χ3n) is 6.44. The molecule has 5 rings (SSSR count). The largest absolute Gasteiger partial charge is 0.478 e. The molecule has 2 aliphatic heterocycles. The number of rotatable bonds is 6. The average molecular weight is 536 g/mol. The molecule has 0 fully saturated rings. The van der Waals surface area contributed by atoms with Crippen LogP contribution in [-0.2, 0) is 24.3 Å². The van der Waals surface area contributed by atoms with Gasteiger partial charge in [-0.25, -0.2) is 14.4 Å². The number of carbonyl (C=O) groups excluding carboxylic acids is 3. The summed E-state index contributed by atoms with van der Waals surface area (Å²) in [7, 11) is 0. The van der Waals surface area contributed by atoms with Crippen molar-refractivity contribution in [2.45, 2.75) is 25.6 Å². The normalized spacial score (nSPS) is 16.2. The summed E-state index contributed by atoms with van der Waals surface area (Å²) in [6, 6.07) is 14.4. The first-order valence-corrected chi connectivity index (χ1v) is 12.4. The third-order valence-corrected chi connectivity index (χ3v) is 7.58. The zero-order chi connectivity index (χ0) is 27.0. The number of thiophene rings is 1. The highest BCUT2D eigenvalue weighted by molar-refractivity contribution is 7.17. The predicted octanol–water partition coefficient (Wildman–Crippen LogP) is 3.90.